The highest BCUT2D eigenvalue weighted by Crippen LogP contribution is 2.37. The second-order valence-corrected chi connectivity index (χ2v) is 6.86. The quantitative estimate of drug-likeness (QED) is 0.815. The summed E-state index contributed by atoms with van der Waals surface area (Å²) in [6, 6.07) is 0.689. The van der Waals surface area contributed by atoms with Gasteiger partial charge in [-0.2, -0.15) is 0 Å². The summed E-state index contributed by atoms with van der Waals surface area (Å²) >= 11 is 0. The molecule has 0 saturated carbocycles. The van der Waals surface area contributed by atoms with Gasteiger partial charge in [0.2, 0.25) is 5.91 Å². The van der Waals surface area contributed by atoms with Crippen LogP contribution in [0.15, 0.2) is 0 Å². The minimum Gasteiger partial charge on any atom is -0.393 e. The van der Waals surface area contributed by atoms with Crippen molar-refractivity contribution in [3.63, 3.8) is 0 Å². The number of rotatable bonds is 4. The van der Waals surface area contributed by atoms with Gasteiger partial charge in [0.05, 0.1) is 12.1 Å². The highest BCUT2D eigenvalue weighted by Gasteiger charge is 2.44. The number of hydrogen-bond acceptors (Lipinski definition) is 3. The molecule has 0 aliphatic carbocycles. The number of nitrogens with zero attached hydrogens (tertiary/aromatic N) is 1. The van der Waals surface area contributed by atoms with Crippen molar-refractivity contribution in [3.05, 3.63) is 0 Å². The first-order valence-electron chi connectivity index (χ1n) is 7.61. The number of hydrogen-bond donors (Lipinski definition) is 2. The van der Waals surface area contributed by atoms with Crippen molar-refractivity contribution in [2.45, 2.75) is 89.6 Å². The Morgan fingerprint density at radius 3 is 2.37 bits per heavy atom. The van der Waals surface area contributed by atoms with Crippen LogP contribution in [0.3, 0.4) is 0 Å². The fraction of sp³-hybridized carbons (Fsp3) is 0.933. The lowest BCUT2D eigenvalue weighted by atomic mass is 9.96. The maximum Gasteiger partial charge on any atom is 0.237 e. The van der Waals surface area contributed by atoms with Crippen LogP contribution in [0.2, 0.25) is 0 Å². The van der Waals surface area contributed by atoms with Gasteiger partial charge in [-0.25, -0.2) is 0 Å². The largest absolute Gasteiger partial charge is 0.393 e. The van der Waals surface area contributed by atoms with E-state index in [1.165, 1.54) is 0 Å². The summed E-state index contributed by atoms with van der Waals surface area (Å²) in [5.41, 5.74) is -0.139. The third kappa shape index (κ3) is 3.11. The standard InChI is InChI=1S/C15H28N2O2/c1-5-15(3,4)16-14(19)10(2)17-11-6-7-12(17)9-13(18)8-11/h10-13,18H,5-9H2,1-4H3,(H,16,19). The number of aliphatic hydroxyl groups is 1. The monoisotopic (exact) mass is 268 g/mol. The lowest BCUT2D eigenvalue weighted by Gasteiger charge is -2.41. The summed E-state index contributed by atoms with van der Waals surface area (Å²) in [5, 5.41) is 13.0. The van der Waals surface area contributed by atoms with Crippen LogP contribution in [0.25, 0.3) is 0 Å². The van der Waals surface area contributed by atoms with E-state index in [0.717, 1.165) is 32.1 Å². The molecular formula is C15H28N2O2. The lowest BCUT2D eigenvalue weighted by molar-refractivity contribution is -0.130. The van der Waals surface area contributed by atoms with Crippen molar-refractivity contribution in [2.75, 3.05) is 0 Å². The molecule has 19 heavy (non-hydrogen) atoms. The molecule has 2 fully saturated rings. The Balaban J connectivity index is 2.00. The number of nitrogens with one attached hydrogen (secondary N) is 1. The van der Waals surface area contributed by atoms with Crippen LogP contribution in [-0.2, 0) is 4.79 Å². The predicted molar refractivity (Wildman–Crippen MR) is 75.9 cm³/mol. The van der Waals surface area contributed by atoms with Crippen LogP contribution in [0, 0.1) is 0 Å². The fourth-order valence-electron chi connectivity index (χ4n) is 3.48. The molecular weight excluding hydrogens is 240 g/mol. The zero-order chi connectivity index (χ0) is 14.2. The van der Waals surface area contributed by atoms with Crippen LogP contribution in [0.1, 0.15) is 59.8 Å². The Morgan fingerprint density at radius 1 is 1.37 bits per heavy atom. The number of fused-ring (bicyclic) bond motifs is 2. The second-order valence-electron chi connectivity index (χ2n) is 6.86. The predicted octanol–water partition coefficient (Wildman–Crippen LogP) is 1.67. The van der Waals surface area contributed by atoms with E-state index >= 15 is 0 Å². The van der Waals surface area contributed by atoms with Gasteiger partial charge in [-0.3, -0.25) is 9.69 Å². The summed E-state index contributed by atoms with van der Waals surface area (Å²) in [4.78, 5) is 14.7. The molecule has 0 aromatic rings. The van der Waals surface area contributed by atoms with E-state index in [9.17, 15) is 9.90 Å². The summed E-state index contributed by atoms with van der Waals surface area (Å²) in [5.74, 6) is 0.125. The van der Waals surface area contributed by atoms with E-state index in [2.05, 4.69) is 31.0 Å². The van der Waals surface area contributed by atoms with Gasteiger partial charge >= 0.3 is 0 Å². The van der Waals surface area contributed by atoms with Crippen molar-refractivity contribution in [1.82, 2.24) is 10.2 Å². The molecule has 2 bridgehead atoms. The van der Waals surface area contributed by atoms with Gasteiger partial charge in [-0.1, -0.05) is 6.92 Å². The normalized spacial score (nSPS) is 33.2. The third-order valence-corrected chi connectivity index (χ3v) is 4.94. The highest BCUT2D eigenvalue weighted by atomic mass is 16.3. The van der Waals surface area contributed by atoms with E-state index in [1.807, 2.05) is 6.92 Å². The molecule has 2 saturated heterocycles. The molecule has 0 aromatic heterocycles. The summed E-state index contributed by atoms with van der Waals surface area (Å²) in [6.45, 7) is 8.22. The minimum absolute atomic E-state index is 0.0872. The van der Waals surface area contributed by atoms with Gasteiger partial charge in [0, 0.05) is 17.6 Å². The maximum atomic E-state index is 12.4. The number of amides is 1. The zero-order valence-electron chi connectivity index (χ0n) is 12.6. The Kier molecular flexibility index (Phi) is 4.21. The summed E-state index contributed by atoms with van der Waals surface area (Å²) in [7, 11) is 0. The van der Waals surface area contributed by atoms with Crippen LogP contribution in [-0.4, -0.2) is 45.7 Å². The summed E-state index contributed by atoms with van der Waals surface area (Å²) in [6.07, 6.45) is 4.65. The molecule has 2 N–H and O–H groups in total. The summed E-state index contributed by atoms with van der Waals surface area (Å²) < 4.78 is 0. The lowest BCUT2D eigenvalue weighted by Crippen LogP contribution is -2.57. The Bertz CT molecular complexity index is 329. The van der Waals surface area contributed by atoms with E-state index in [0.29, 0.717) is 12.1 Å². The first kappa shape index (κ1) is 14.8. The first-order valence-corrected chi connectivity index (χ1v) is 7.61. The van der Waals surface area contributed by atoms with Crippen molar-refractivity contribution in [2.24, 2.45) is 0 Å². The minimum atomic E-state index is -0.170. The molecule has 2 aliphatic rings. The average Bonchev–Trinajstić information content (AvgIpc) is 2.60. The van der Waals surface area contributed by atoms with Gasteiger partial charge in [-0.15, -0.1) is 0 Å². The van der Waals surface area contributed by atoms with E-state index in [1.54, 1.807) is 0 Å². The first-order chi connectivity index (χ1) is 8.84. The van der Waals surface area contributed by atoms with Crippen LogP contribution >= 0.6 is 0 Å². The third-order valence-electron chi connectivity index (χ3n) is 4.94. The molecule has 2 heterocycles. The number of carbonyl (C=O) groups excluding carboxylic acids is 1. The van der Waals surface area contributed by atoms with Gasteiger partial charge in [0.1, 0.15) is 0 Å². The molecule has 3 unspecified atom stereocenters. The molecule has 2 aliphatic heterocycles. The molecule has 4 nitrogen and oxygen atoms in total. The van der Waals surface area contributed by atoms with Gasteiger partial charge < -0.3 is 10.4 Å². The van der Waals surface area contributed by atoms with Crippen LogP contribution in [0.4, 0.5) is 0 Å². The number of piperidine rings is 1. The van der Waals surface area contributed by atoms with Gasteiger partial charge in [-0.05, 0) is 52.9 Å². The maximum absolute atomic E-state index is 12.4. The molecule has 0 aromatic carbocycles. The Hall–Kier alpha value is -0.610. The smallest absolute Gasteiger partial charge is 0.237 e. The van der Waals surface area contributed by atoms with Crippen molar-refractivity contribution < 1.29 is 9.90 Å². The van der Waals surface area contributed by atoms with E-state index < -0.39 is 0 Å². The van der Waals surface area contributed by atoms with Crippen molar-refractivity contribution >= 4 is 5.91 Å². The topological polar surface area (TPSA) is 52.6 Å². The number of carbonyl (C=O) groups is 1. The van der Waals surface area contributed by atoms with Crippen molar-refractivity contribution in [1.29, 1.82) is 0 Å². The van der Waals surface area contributed by atoms with E-state index in [4.69, 9.17) is 0 Å². The molecule has 0 spiro atoms. The molecule has 4 heteroatoms. The molecule has 2 rings (SSSR count). The molecule has 3 atom stereocenters. The fourth-order valence-corrected chi connectivity index (χ4v) is 3.48. The Labute approximate surface area is 116 Å². The number of aliphatic hydroxyl groups excluding tert-OH is 1. The average molecular weight is 268 g/mol. The van der Waals surface area contributed by atoms with Crippen LogP contribution < -0.4 is 5.32 Å². The molecule has 1 amide bonds. The van der Waals surface area contributed by atoms with Crippen molar-refractivity contribution in [3.8, 4) is 0 Å². The van der Waals surface area contributed by atoms with E-state index in [-0.39, 0.29) is 23.6 Å². The van der Waals surface area contributed by atoms with Crippen LogP contribution in [0.5, 0.6) is 0 Å². The second kappa shape index (κ2) is 5.41. The Morgan fingerprint density at radius 2 is 1.89 bits per heavy atom. The van der Waals surface area contributed by atoms with Gasteiger partial charge in [0.25, 0.3) is 0 Å². The molecule has 0 radical (unpaired) electrons. The molecule has 110 valence electrons. The zero-order valence-corrected chi connectivity index (χ0v) is 12.6. The SMILES string of the molecule is CCC(C)(C)NC(=O)C(C)N1C2CCC1CC(O)C2. The highest BCUT2D eigenvalue weighted by molar-refractivity contribution is 5.82. The van der Waals surface area contributed by atoms with Gasteiger partial charge in [0.15, 0.2) is 0 Å².